The number of hydrogen-bond donors (Lipinski definition) is 0. The molecule has 0 amide bonds. The molecule has 2 nitrogen and oxygen atoms in total. The number of halogens is 1. The summed E-state index contributed by atoms with van der Waals surface area (Å²) in [5.74, 6) is 0.446. The molecular formula is C14H20FNO. The van der Waals surface area contributed by atoms with Crippen LogP contribution in [0.2, 0.25) is 0 Å². The molecule has 1 aliphatic heterocycles. The van der Waals surface area contributed by atoms with Gasteiger partial charge in [-0.2, -0.15) is 0 Å². The second kappa shape index (κ2) is 6.01. The second-order valence-corrected chi connectivity index (χ2v) is 4.55. The molecule has 3 heteroatoms. The number of hydrogen-bond acceptors (Lipinski definition) is 2. The van der Waals surface area contributed by atoms with E-state index in [1.165, 1.54) is 32.0 Å². The smallest absolute Gasteiger partial charge is 0.127 e. The van der Waals surface area contributed by atoms with Crippen LogP contribution >= 0.6 is 0 Å². The Bertz CT molecular complexity index is 361. The monoisotopic (exact) mass is 237 g/mol. The Balaban J connectivity index is 1.83. The van der Waals surface area contributed by atoms with Gasteiger partial charge in [0.25, 0.3) is 0 Å². The fourth-order valence-corrected chi connectivity index (χ4v) is 2.21. The van der Waals surface area contributed by atoms with Crippen molar-refractivity contribution in [1.29, 1.82) is 0 Å². The molecule has 94 valence electrons. The van der Waals surface area contributed by atoms with Crippen LogP contribution in [0.15, 0.2) is 18.2 Å². The number of aryl methyl sites for hydroxylation is 1. The average Bonchev–Trinajstić information content (AvgIpc) is 2.81. The molecule has 1 aromatic rings. The number of nitrogens with zero attached hydrogens (tertiary/aromatic N) is 1. The van der Waals surface area contributed by atoms with Crippen LogP contribution in [0.1, 0.15) is 25.3 Å². The molecule has 0 radical (unpaired) electrons. The second-order valence-electron chi connectivity index (χ2n) is 4.55. The highest BCUT2D eigenvalue weighted by molar-refractivity contribution is 5.29. The van der Waals surface area contributed by atoms with Crippen LogP contribution in [0.3, 0.4) is 0 Å². The molecule has 1 aliphatic rings. The first-order valence-corrected chi connectivity index (χ1v) is 6.42. The maximum Gasteiger partial charge on any atom is 0.127 e. The van der Waals surface area contributed by atoms with E-state index in [4.69, 9.17) is 4.74 Å². The SMILES string of the molecule is CCc1cc(F)cc(OCCN2CCCC2)c1. The van der Waals surface area contributed by atoms with Crippen molar-refractivity contribution in [1.82, 2.24) is 4.90 Å². The lowest BCUT2D eigenvalue weighted by molar-refractivity contribution is 0.237. The van der Waals surface area contributed by atoms with Crippen LogP contribution in [0.4, 0.5) is 4.39 Å². The first-order valence-electron chi connectivity index (χ1n) is 6.42. The van der Waals surface area contributed by atoms with E-state index in [-0.39, 0.29) is 5.82 Å². The number of ether oxygens (including phenoxy) is 1. The first-order chi connectivity index (χ1) is 8.28. The third kappa shape index (κ3) is 3.70. The molecule has 1 aromatic carbocycles. The van der Waals surface area contributed by atoms with Gasteiger partial charge < -0.3 is 4.74 Å². The van der Waals surface area contributed by atoms with Gasteiger partial charge in [0, 0.05) is 12.6 Å². The Hall–Kier alpha value is -1.09. The number of benzene rings is 1. The summed E-state index contributed by atoms with van der Waals surface area (Å²) in [5.41, 5.74) is 0.987. The van der Waals surface area contributed by atoms with Gasteiger partial charge in [-0.25, -0.2) is 4.39 Å². The van der Waals surface area contributed by atoms with E-state index in [9.17, 15) is 4.39 Å². The molecule has 0 unspecified atom stereocenters. The quantitative estimate of drug-likeness (QED) is 0.780. The first kappa shape index (κ1) is 12.4. The van der Waals surface area contributed by atoms with E-state index in [1.54, 1.807) is 6.07 Å². The molecule has 0 spiro atoms. The fraction of sp³-hybridized carbons (Fsp3) is 0.571. The topological polar surface area (TPSA) is 12.5 Å². The summed E-state index contributed by atoms with van der Waals surface area (Å²) in [6.07, 6.45) is 3.42. The number of likely N-dealkylation sites (tertiary alicyclic amines) is 1. The van der Waals surface area contributed by atoms with E-state index in [0.29, 0.717) is 12.4 Å². The van der Waals surface area contributed by atoms with Crippen molar-refractivity contribution in [3.8, 4) is 5.75 Å². The molecule has 0 aliphatic carbocycles. The molecule has 2 rings (SSSR count). The van der Waals surface area contributed by atoms with Gasteiger partial charge in [0.05, 0.1) is 0 Å². The van der Waals surface area contributed by atoms with Gasteiger partial charge in [-0.3, -0.25) is 4.90 Å². The summed E-state index contributed by atoms with van der Waals surface area (Å²) in [6.45, 7) is 5.95. The Kier molecular flexibility index (Phi) is 4.37. The lowest BCUT2D eigenvalue weighted by Crippen LogP contribution is -2.25. The third-order valence-electron chi connectivity index (χ3n) is 3.21. The minimum atomic E-state index is -0.208. The summed E-state index contributed by atoms with van der Waals surface area (Å²) >= 11 is 0. The molecule has 17 heavy (non-hydrogen) atoms. The Labute approximate surface area is 102 Å². The normalized spacial score (nSPS) is 16.4. The zero-order valence-corrected chi connectivity index (χ0v) is 10.4. The van der Waals surface area contributed by atoms with Crippen LogP contribution in [-0.4, -0.2) is 31.1 Å². The summed E-state index contributed by atoms with van der Waals surface area (Å²) in [7, 11) is 0. The summed E-state index contributed by atoms with van der Waals surface area (Å²) in [4.78, 5) is 2.39. The van der Waals surface area contributed by atoms with Crippen LogP contribution in [0.5, 0.6) is 5.75 Å². The van der Waals surface area contributed by atoms with Crippen LogP contribution < -0.4 is 4.74 Å². The largest absolute Gasteiger partial charge is 0.492 e. The van der Waals surface area contributed by atoms with E-state index in [0.717, 1.165) is 18.5 Å². The van der Waals surface area contributed by atoms with Crippen molar-refractivity contribution in [2.24, 2.45) is 0 Å². The van der Waals surface area contributed by atoms with E-state index < -0.39 is 0 Å². The zero-order chi connectivity index (χ0) is 12.1. The third-order valence-corrected chi connectivity index (χ3v) is 3.21. The maximum absolute atomic E-state index is 13.3. The molecule has 1 saturated heterocycles. The Morgan fingerprint density at radius 1 is 1.24 bits per heavy atom. The van der Waals surface area contributed by atoms with Gasteiger partial charge >= 0.3 is 0 Å². The Morgan fingerprint density at radius 3 is 2.71 bits per heavy atom. The van der Waals surface area contributed by atoms with Gasteiger partial charge in [0.2, 0.25) is 0 Å². The highest BCUT2D eigenvalue weighted by atomic mass is 19.1. The molecule has 0 saturated carbocycles. The summed E-state index contributed by atoms with van der Waals surface area (Å²) in [5, 5.41) is 0. The van der Waals surface area contributed by atoms with Crippen molar-refractivity contribution >= 4 is 0 Å². The predicted octanol–water partition coefficient (Wildman–Crippen LogP) is 2.86. The lowest BCUT2D eigenvalue weighted by Gasteiger charge is -2.15. The van der Waals surface area contributed by atoms with Gasteiger partial charge in [0.15, 0.2) is 0 Å². The Morgan fingerprint density at radius 2 is 2.00 bits per heavy atom. The molecule has 0 atom stereocenters. The van der Waals surface area contributed by atoms with E-state index >= 15 is 0 Å². The highest BCUT2D eigenvalue weighted by Gasteiger charge is 2.10. The van der Waals surface area contributed by atoms with Crippen molar-refractivity contribution in [3.05, 3.63) is 29.6 Å². The maximum atomic E-state index is 13.3. The minimum Gasteiger partial charge on any atom is -0.492 e. The van der Waals surface area contributed by atoms with Gasteiger partial charge in [-0.15, -0.1) is 0 Å². The summed E-state index contributed by atoms with van der Waals surface area (Å²) < 4.78 is 18.9. The molecular weight excluding hydrogens is 217 g/mol. The number of rotatable bonds is 5. The zero-order valence-electron chi connectivity index (χ0n) is 10.4. The molecule has 1 heterocycles. The average molecular weight is 237 g/mol. The van der Waals surface area contributed by atoms with Gasteiger partial charge in [-0.05, 0) is 50.0 Å². The van der Waals surface area contributed by atoms with E-state index in [2.05, 4.69) is 4.90 Å². The molecule has 1 fully saturated rings. The molecule has 0 aromatic heterocycles. The predicted molar refractivity (Wildman–Crippen MR) is 66.9 cm³/mol. The standard InChI is InChI=1S/C14H20FNO/c1-2-12-9-13(15)11-14(10-12)17-8-7-16-5-3-4-6-16/h9-11H,2-8H2,1H3. The van der Waals surface area contributed by atoms with Gasteiger partial charge in [0.1, 0.15) is 18.2 Å². The molecule has 0 N–H and O–H groups in total. The van der Waals surface area contributed by atoms with E-state index in [1.807, 2.05) is 13.0 Å². The lowest BCUT2D eigenvalue weighted by atomic mass is 10.1. The van der Waals surface area contributed by atoms with Crippen molar-refractivity contribution in [3.63, 3.8) is 0 Å². The minimum absolute atomic E-state index is 0.208. The summed E-state index contributed by atoms with van der Waals surface area (Å²) in [6, 6.07) is 4.95. The van der Waals surface area contributed by atoms with Crippen LogP contribution in [0.25, 0.3) is 0 Å². The molecule has 0 bridgehead atoms. The van der Waals surface area contributed by atoms with Gasteiger partial charge in [-0.1, -0.05) is 6.92 Å². The van der Waals surface area contributed by atoms with Crippen molar-refractivity contribution in [2.75, 3.05) is 26.2 Å². The van der Waals surface area contributed by atoms with Crippen LogP contribution in [0, 0.1) is 5.82 Å². The van der Waals surface area contributed by atoms with Crippen molar-refractivity contribution in [2.45, 2.75) is 26.2 Å². The highest BCUT2D eigenvalue weighted by Crippen LogP contribution is 2.17. The fourth-order valence-electron chi connectivity index (χ4n) is 2.21. The van der Waals surface area contributed by atoms with Crippen LogP contribution in [-0.2, 0) is 6.42 Å². The van der Waals surface area contributed by atoms with Crippen molar-refractivity contribution < 1.29 is 9.13 Å².